The fraction of sp³-hybridized carbons (Fsp3) is 0.379. The molecule has 0 saturated carbocycles. The van der Waals surface area contributed by atoms with Crippen molar-refractivity contribution in [1.82, 2.24) is 40.8 Å². The molecule has 0 amide bonds. The molecule has 2 aromatic heterocycles. The van der Waals surface area contributed by atoms with E-state index in [9.17, 15) is 4.79 Å². The Bertz CT molecular complexity index is 1450. The number of aromatic nitrogens is 6. The van der Waals surface area contributed by atoms with E-state index in [0.717, 1.165) is 47.3 Å². The van der Waals surface area contributed by atoms with E-state index >= 15 is 0 Å². The van der Waals surface area contributed by atoms with Crippen LogP contribution < -0.4 is 16.4 Å². The molecular formula is C29H37ClN10O2. The number of imidazole rings is 1. The Balaban J connectivity index is 1.50. The second-order valence-electron chi connectivity index (χ2n) is 9.86. The lowest BCUT2D eigenvalue weighted by Crippen LogP contribution is -2.37. The molecule has 2 heterocycles. The van der Waals surface area contributed by atoms with E-state index in [-0.39, 0.29) is 18.5 Å². The molecule has 2 aromatic carbocycles. The Hall–Kier alpha value is -4.29. The maximum atomic E-state index is 12.9. The van der Waals surface area contributed by atoms with Gasteiger partial charge < -0.3 is 25.7 Å². The van der Waals surface area contributed by atoms with Gasteiger partial charge in [0.1, 0.15) is 18.5 Å². The molecule has 0 aliphatic rings. The number of rotatable bonds is 15. The van der Waals surface area contributed by atoms with E-state index in [0.29, 0.717) is 42.6 Å². The monoisotopic (exact) mass is 592 g/mol. The van der Waals surface area contributed by atoms with Crippen molar-refractivity contribution >= 4 is 23.5 Å². The van der Waals surface area contributed by atoms with Gasteiger partial charge in [-0.1, -0.05) is 73.5 Å². The summed E-state index contributed by atoms with van der Waals surface area (Å²) in [6.07, 6.45) is 3.94. The fourth-order valence-corrected chi connectivity index (χ4v) is 4.94. The highest BCUT2D eigenvalue weighted by molar-refractivity contribution is 6.30. The van der Waals surface area contributed by atoms with Crippen LogP contribution >= 0.6 is 11.6 Å². The van der Waals surface area contributed by atoms with Gasteiger partial charge in [-0.25, -0.2) is 4.98 Å². The van der Waals surface area contributed by atoms with E-state index in [1.807, 2.05) is 24.3 Å². The number of aryl methyl sites for hydroxylation is 1. The smallest absolute Gasteiger partial charge is 0.323 e. The average Bonchev–Trinajstić information content (AvgIpc) is 3.63. The van der Waals surface area contributed by atoms with Crippen molar-refractivity contribution in [3.05, 3.63) is 70.8 Å². The molecule has 42 heavy (non-hydrogen) atoms. The van der Waals surface area contributed by atoms with Crippen LogP contribution in [-0.2, 0) is 29.1 Å². The number of tetrazole rings is 1. The maximum Gasteiger partial charge on any atom is 0.323 e. The zero-order chi connectivity index (χ0) is 29.9. The minimum atomic E-state index is -0.490. The molecule has 1 atom stereocenters. The molecule has 12 nitrogen and oxygen atoms in total. The summed E-state index contributed by atoms with van der Waals surface area (Å²) < 4.78 is 7.76. The molecule has 222 valence electrons. The maximum absolute atomic E-state index is 12.9. The number of H-pyrrole nitrogens is 1. The van der Waals surface area contributed by atoms with Crippen molar-refractivity contribution in [1.29, 1.82) is 5.41 Å². The minimum Gasteiger partial charge on any atom is -0.458 e. The number of esters is 1. The Morgan fingerprint density at radius 1 is 1.17 bits per heavy atom. The molecule has 0 bridgehead atoms. The van der Waals surface area contributed by atoms with Crippen LogP contribution in [0.15, 0.2) is 48.5 Å². The van der Waals surface area contributed by atoms with Gasteiger partial charge in [-0.05, 0) is 48.2 Å². The molecule has 0 spiro atoms. The number of halogens is 1. The van der Waals surface area contributed by atoms with Gasteiger partial charge in [-0.2, -0.15) is 5.21 Å². The van der Waals surface area contributed by atoms with Crippen LogP contribution in [0.1, 0.15) is 49.7 Å². The number of ether oxygens (including phenoxy) is 1. The van der Waals surface area contributed by atoms with Gasteiger partial charge in [-0.3, -0.25) is 10.2 Å². The minimum absolute atomic E-state index is 0.0107. The first kappa shape index (κ1) is 30.7. The van der Waals surface area contributed by atoms with E-state index < -0.39 is 6.04 Å². The first-order chi connectivity index (χ1) is 20.4. The van der Waals surface area contributed by atoms with E-state index in [1.54, 1.807) is 7.05 Å². The second kappa shape index (κ2) is 15.1. The Morgan fingerprint density at radius 2 is 1.93 bits per heavy atom. The highest BCUT2D eigenvalue weighted by Crippen LogP contribution is 2.30. The predicted octanol–water partition coefficient (Wildman–Crippen LogP) is 3.67. The largest absolute Gasteiger partial charge is 0.458 e. The summed E-state index contributed by atoms with van der Waals surface area (Å²) in [7, 11) is 1.72. The lowest BCUT2D eigenvalue weighted by molar-refractivity contribution is -0.147. The zero-order valence-corrected chi connectivity index (χ0v) is 24.6. The SMILES string of the molecule is CCCCc1nc(Cl)c(COC(=O)[C@H](CCCNC(=N)N)NC)n1Cc1ccc(-c2ccccc2-c2nn[nH]n2)cc1. The van der Waals surface area contributed by atoms with E-state index in [4.69, 9.17) is 27.5 Å². The number of unbranched alkanes of at least 4 members (excludes halogenated alkanes) is 1. The van der Waals surface area contributed by atoms with Crippen LogP contribution in [0, 0.1) is 5.41 Å². The average molecular weight is 593 g/mol. The number of nitrogens with zero attached hydrogens (tertiary/aromatic N) is 5. The molecule has 13 heteroatoms. The molecule has 0 fully saturated rings. The number of carbonyl (C=O) groups excluding carboxylic acids is 1. The third kappa shape index (κ3) is 7.92. The quantitative estimate of drug-likeness (QED) is 0.0597. The summed E-state index contributed by atoms with van der Waals surface area (Å²) in [5.74, 6) is 0.933. The summed E-state index contributed by atoms with van der Waals surface area (Å²) in [6, 6.07) is 15.7. The van der Waals surface area contributed by atoms with Crippen molar-refractivity contribution in [3.63, 3.8) is 0 Å². The summed E-state index contributed by atoms with van der Waals surface area (Å²) in [6.45, 7) is 3.18. The third-order valence-electron chi connectivity index (χ3n) is 6.94. The Labute approximate surface area is 249 Å². The van der Waals surface area contributed by atoms with Gasteiger partial charge >= 0.3 is 5.97 Å². The number of aromatic amines is 1. The van der Waals surface area contributed by atoms with Crippen LogP contribution in [0.3, 0.4) is 0 Å². The van der Waals surface area contributed by atoms with Crippen LogP contribution in [0.2, 0.25) is 5.15 Å². The van der Waals surface area contributed by atoms with Gasteiger partial charge in [0.25, 0.3) is 0 Å². The molecular weight excluding hydrogens is 556 g/mol. The summed E-state index contributed by atoms with van der Waals surface area (Å²) in [5.41, 5.74) is 9.96. The van der Waals surface area contributed by atoms with Crippen LogP contribution in [0.4, 0.5) is 0 Å². The standard InChI is InChI=1S/C29H37ClN10O2/c1-3-4-11-25-35-26(30)24(18-42-28(41)23(33-2)10-7-16-34-29(31)32)40(25)17-19-12-14-20(15-13-19)21-8-5-6-9-22(21)27-36-38-39-37-27/h5-6,8-9,12-15,23,33H,3-4,7,10-11,16-18H2,1-2H3,(H4,31,32,34)(H,36,37,38,39)/t23-/m0/s1. The first-order valence-electron chi connectivity index (χ1n) is 14.0. The first-order valence-corrected chi connectivity index (χ1v) is 14.4. The summed E-state index contributed by atoms with van der Waals surface area (Å²) in [5, 5.41) is 27.8. The number of guanidine groups is 1. The third-order valence-corrected chi connectivity index (χ3v) is 7.25. The van der Waals surface area contributed by atoms with Crippen molar-refractivity contribution in [2.75, 3.05) is 13.6 Å². The van der Waals surface area contributed by atoms with Gasteiger partial charge in [0.15, 0.2) is 11.1 Å². The number of nitrogens with two attached hydrogens (primary N) is 1. The van der Waals surface area contributed by atoms with Crippen molar-refractivity contribution in [2.24, 2.45) is 5.73 Å². The zero-order valence-electron chi connectivity index (χ0n) is 23.9. The molecule has 4 rings (SSSR count). The Kier molecular flexibility index (Phi) is 11.0. The number of likely N-dealkylation sites (N-methyl/N-ethyl adjacent to an activating group) is 1. The molecule has 0 saturated heterocycles. The van der Waals surface area contributed by atoms with Crippen molar-refractivity contribution in [2.45, 2.75) is 58.2 Å². The molecule has 0 aliphatic heterocycles. The van der Waals surface area contributed by atoms with Crippen LogP contribution in [0.5, 0.6) is 0 Å². The molecule has 0 unspecified atom stereocenters. The van der Waals surface area contributed by atoms with Crippen molar-refractivity contribution in [3.8, 4) is 22.5 Å². The number of hydrogen-bond acceptors (Lipinski definition) is 8. The highest BCUT2D eigenvalue weighted by Gasteiger charge is 2.22. The highest BCUT2D eigenvalue weighted by atomic mass is 35.5. The van der Waals surface area contributed by atoms with Crippen molar-refractivity contribution < 1.29 is 9.53 Å². The lowest BCUT2D eigenvalue weighted by Gasteiger charge is -2.17. The number of nitrogens with one attached hydrogen (secondary N) is 4. The normalized spacial score (nSPS) is 11.8. The topological polar surface area (TPSA) is 173 Å². The number of carbonyl (C=O) groups is 1. The van der Waals surface area contributed by atoms with Gasteiger partial charge in [-0.15, -0.1) is 10.2 Å². The van der Waals surface area contributed by atoms with Gasteiger partial charge in [0.05, 0.1) is 5.69 Å². The van der Waals surface area contributed by atoms with Gasteiger partial charge in [0, 0.05) is 25.1 Å². The predicted molar refractivity (Wildman–Crippen MR) is 162 cm³/mol. The summed E-state index contributed by atoms with van der Waals surface area (Å²) in [4.78, 5) is 17.5. The van der Waals surface area contributed by atoms with Crippen LogP contribution in [-0.4, -0.2) is 61.7 Å². The second-order valence-corrected chi connectivity index (χ2v) is 10.2. The molecule has 6 N–H and O–H groups in total. The lowest BCUT2D eigenvalue weighted by atomic mass is 9.98. The van der Waals surface area contributed by atoms with Crippen LogP contribution in [0.25, 0.3) is 22.5 Å². The molecule has 0 aliphatic carbocycles. The molecule has 4 aromatic rings. The Morgan fingerprint density at radius 3 is 2.60 bits per heavy atom. The fourth-order valence-electron chi connectivity index (χ4n) is 4.68. The van der Waals surface area contributed by atoms with E-state index in [1.165, 1.54) is 0 Å². The van der Waals surface area contributed by atoms with Gasteiger partial charge in [0.2, 0.25) is 5.82 Å². The summed E-state index contributed by atoms with van der Waals surface area (Å²) >= 11 is 6.60. The number of benzene rings is 2. The number of hydrogen-bond donors (Lipinski definition) is 5. The van der Waals surface area contributed by atoms with E-state index in [2.05, 4.69) is 72.0 Å². The molecule has 0 radical (unpaired) electrons.